The van der Waals surface area contributed by atoms with E-state index in [1.165, 1.54) is 0 Å². The number of benzene rings is 1. The van der Waals surface area contributed by atoms with E-state index in [1.54, 1.807) is 11.3 Å². The minimum atomic E-state index is -2.80. The number of halogens is 1. The molecule has 2 aromatic rings. The zero-order chi connectivity index (χ0) is 15.7. The van der Waals surface area contributed by atoms with Crippen molar-refractivity contribution in [2.24, 2.45) is 11.8 Å². The molecule has 1 aliphatic rings. The first-order chi connectivity index (χ1) is 10.4. The van der Waals surface area contributed by atoms with Crippen molar-refractivity contribution in [3.05, 3.63) is 39.1 Å². The Hall–Kier alpha value is -0.720. The zero-order valence-electron chi connectivity index (χ0n) is 12.3. The summed E-state index contributed by atoms with van der Waals surface area (Å²) in [6.45, 7) is 2.15. The molecule has 118 valence electrons. The summed E-state index contributed by atoms with van der Waals surface area (Å²) in [5, 5.41) is 3.17. The Morgan fingerprint density at radius 3 is 2.73 bits per heavy atom. The van der Waals surface area contributed by atoms with Crippen LogP contribution in [0.25, 0.3) is 11.3 Å². The van der Waals surface area contributed by atoms with Crippen LogP contribution in [0.3, 0.4) is 0 Å². The fourth-order valence-electron chi connectivity index (χ4n) is 2.87. The largest absolute Gasteiger partial charge is 0.241 e. The molecule has 2 unspecified atom stereocenters. The monoisotopic (exact) mass is 399 g/mol. The van der Waals surface area contributed by atoms with E-state index in [4.69, 9.17) is 4.98 Å². The molecule has 1 aromatic carbocycles. The molecule has 2 heterocycles. The van der Waals surface area contributed by atoms with E-state index in [2.05, 4.69) is 40.4 Å². The van der Waals surface area contributed by atoms with Gasteiger partial charge in [0.25, 0.3) is 0 Å². The van der Waals surface area contributed by atoms with Crippen molar-refractivity contribution < 1.29 is 8.42 Å². The fraction of sp³-hybridized carbons (Fsp3) is 0.438. The van der Waals surface area contributed by atoms with Crippen LogP contribution in [0.5, 0.6) is 0 Å². The summed E-state index contributed by atoms with van der Waals surface area (Å²) >= 11 is 5.10. The van der Waals surface area contributed by atoms with E-state index in [-0.39, 0.29) is 5.92 Å². The second-order valence-corrected chi connectivity index (χ2v) is 10.1. The predicted molar refractivity (Wildman–Crippen MR) is 94.9 cm³/mol. The maximum Gasteiger partial charge on any atom is 0.150 e. The molecule has 3 nitrogen and oxygen atoms in total. The lowest BCUT2D eigenvalue weighted by Crippen LogP contribution is -2.15. The molecule has 1 aromatic heterocycles. The van der Waals surface area contributed by atoms with Crippen LogP contribution in [0.4, 0.5) is 0 Å². The van der Waals surface area contributed by atoms with Gasteiger partial charge in [0, 0.05) is 21.8 Å². The Balaban J connectivity index is 1.68. The number of rotatable bonds is 4. The third kappa shape index (κ3) is 3.78. The number of nitrogens with zero attached hydrogens (tertiary/aromatic N) is 1. The first-order valence-corrected chi connectivity index (χ1v) is 10.8. The van der Waals surface area contributed by atoms with Crippen molar-refractivity contribution in [2.75, 3.05) is 11.5 Å². The molecule has 0 radical (unpaired) electrons. The molecule has 0 bridgehead atoms. The molecule has 0 spiro atoms. The maximum atomic E-state index is 11.6. The molecule has 0 N–H and O–H groups in total. The van der Waals surface area contributed by atoms with Crippen LogP contribution in [0, 0.1) is 11.8 Å². The number of aromatic nitrogens is 1. The van der Waals surface area contributed by atoms with E-state index >= 15 is 0 Å². The van der Waals surface area contributed by atoms with Gasteiger partial charge in [-0.3, -0.25) is 0 Å². The van der Waals surface area contributed by atoms with Crippen LogP contribution in [0.2, 0.25) is 0 Å². The minimum Gasteiger partial charge on any atom is -0.241 e. The molecule has 1 saturated heterocycles. The van der Waals surface area contributed by atoms with Gasteiger partial charge in [-0.2, -0.15) is 0 Å². The molecule has 0 amide bonds. The molecule has 22 heavy (non-hydrogen) atoms. The molecule has 1 fully saturated rings. The average molecular weight is 400 g/mol. The number of hydrogen-bond donors (Lipinski definition) is 0. The van der Waals surface area contributed by atoms with E-state index in [1.807, 2.05) is 12.1 Å². The Bertz CT molecular complexity index is 753. The van der Waals surface area contributed by atoms with Gasteiger partial charge in [-0.1, -0.05) is 35.0 Å². The van der Waals surface area contributed by atoms with Crippen LogP contribution in [-0.2, 0) is 16.3 Å². The molecule has 2 atom stereocenters. The van der Waals surface area contributed by atoms with Gasteiger partial charge < -0.3 is 0 Å². The van der Waals surface area contributed by atoms with E-state index in [0.717, 1.165) is 33.6 Å². The van der Waals surface area contributed by atoms with Crippen LogP contribution in [-0.4, -0.2) is 24.9 Å². The quantitative estimate of drug-likeness (QED) is 0.774. The molecule has 0 saturated carbocycles. The summed E-state index contributed by atoms with van der Waals surface area (Å²) in [5.41, 5.74) is 2.11. The van der Waals surface area contributed by atoms with Crippen LogP contribution < -0.4 is 0 Å². The number of sulfone groups is 1. The van der Waals surface area contributed by atoms with Crippen LogP contribution in [0.15, 0.2) is 34.1 Å². The Labute approximate surface area is 143 Å². The molecule has 0 aliphatic carbocycles. The van der Waals surface area contributed by atoms with E-state index in [9.17, 15) is 8.42 Å². The van der Waals surface area contributed by atoms with Gasteiger partial charge in [0.1, 0.15) is 0 Å². The molecular weight excluding hydrogens is 382 g/mol. The number of hydrogen-bond acceptors (Lipinski definition) is 4. The first kappa shape index (κ1) is 16.1. The highest BCUT2D eigenvalue weighted by Gasteiger charge is 2.31. The van der Waals surface area contributed by atoms with Crippen molar-refractivity contribution in [2.45, 2.75) is 19.8 Å². The average Bonchev–Trinajstić information content (AvgIpc) is 3.06. The van der Waals surface area contributed by atoms with E-state index in [0.29, 0.717) is 17.4 Å². The van der Waals surface area contributed by atoms with Crippen LogP contribution >= 0.6 is 27.3 Å². The number of thiazole rings is 1. The topological polar surface area (TPSA) is 47.0 Å². The maximum absolute atomic E-state index is 11.6. The molecular formula is C16H18BrNO2S2. The smallest absolute Gasteiger partial charge is 0.150 e. The summed E-state index contributed by atoms with van der Waals surface area (Å²) in [5.74, 6) is 1.34. The highest BCUT2D eigenvalue weighted by molar-refractivity contribution is 9.10. The first-order valence-electron chi connectivity index (χ1n) is 7.34. The summed E-state index contributed by atoms with van der Waals surface area (Å²) in [4.78, 5) is 4.71. The lowest BCUT2D eigenvalue weighted by Gasteiger charge is -2.15. The molecule has 3 rings (SSSR count). The normalized spacial score (nSPS) is 21.8. The summed E-state index contributed by atoms with van der Waals surface area (Å²) in [6, 6.07) is 8.13. The van der Waals surface area contributed by atoms with Gasteiger partial charge in [0.05, 0.1) is 22.2 Å². The van der Waals surface area contributed by atoms with Gasteiger partial charge >= 0.3 is 0 Å². The Morgan fingerprint density at radius 1 is 1.36 bits per heavy atom. The standard InChI is InChI=1S/C16H18BrNO2S2/c1-11(13-6-7-22(19,20)10-13)8-16-18-15(9-21-16)12-2-4-14(17)5-3-12/h2-5,9,11,13H,6-8,10H2,1H3. The summed E-state index contributed by atoms with van der Waals surface area (Å²) in [6.07, 6.45) is 1.66. The Kier molecular flexibility index (Phi) is 4.71. The van der Waals surface area contributed by atoms with E-state index < -0.39 is 9.84 Å². The van der Waals surface area contributed by atoms with Gasteiger partial charge in [0.15, 0.2) is 9.84 Å². The second-order valence-electron chi connectivity index (χ2n) is 5.98. The Morgan fingerprint density at radius 2 is 2.09 bits per heavy atom. The van der Waals surface area contributed by atoms with Gasteiger partial charge in [-0.15, -0.1) is 11.3 Å². The van der Waals surface area contributed by atoms with Crippen molar-refractivity contribution in [3.63, 3.8) is 0 Å². The van der Waals surface area contributed by atoms with Gasteiger partial charge in [-0.25, -0.2) is 13.4 Å². The van der Waals surface area contributed by atoms with Gasteiger partial charge in [0.2, 0.25) is 0 Å². The van der Waals surface area contributed by atoms with Crippen LogP contribution in [0.1, 0.15) is 18.4 Å². The third-order valence-corrected chi connectivity index (χ3v) is 7.45. The zero-order valence-corrected chi connectivity index (χ0v) is 15.5. The van der Waals surface area contributed by atoms with Crippen molar-refractivity contribution in [1.82, 2.24) is 4.98 Å². The summed E-state index contributed by atoms with van der Waals surface area (Å²) < 4.78 is 24.3. The van der Waals surface area contributed by atoms with Crippen molar-refractivity contribution in [3.8, 4) is 11.3 Å². The third-order valence-electron chi connectivity index (χ3n) is 4.26. The summed E-state index contributed by atoms with van der Waals surface area (Å²) in [7, 11) is -2.80. The van der Waals surface area contributed by atoms with Gasteiger partial charge in [-0.05, 0) is 30.4 Å². The minimum absolute atomic E-state index is 0.282. The lowest BCUT2D eigenvalue weighted by atomic mass is 9.91. The highest BCUT2D eigenvalue weighted by Crippen LogP contribution is 2.30. The fourth-order valence-corrected chi connectivity index (χ4v) is 6.06. The predicted octanol–water partition coefficient (Wildman–Crippen LogP) is 4.19. The molecule has 1 aliphatic heterocycles. The second kappa shape index (κ2) is 6.42. The lowest BCUT2D eigenvalue weighted by molar-refractivity contribution is 0.393. The van der Waals surface area contributed by atoms with Crippen molar-refractivity contribution in [1.29, 1.82) is 0 Å². The molecule has 6 heteroatoms. The van der Waals surface area contributed by atoms with Crippen molar-refractivity contribution >= 4 is 37.1 Å². The highest BCUT2D eigenvalue weighted by atomic mass is 79.9. The SMILES string of the molecule is CC(Cc1nc(-c2ccc(Br)cc2)cs1)C1CCS(=O)(=O)C1.